The molecule has 0 aliphatic heterocycles. The summed E-state index contributed by atoms with van der Waals surface area (Å²) in [5, 5.41) is 2.58. The number of carbonyl (C=O) groups is 1. The Morgan fingerprint density at radius 3 is 2.35 bits per heavy atom. The molecule has 6 heteroatoms. The van der Waals surface area contributed by atoms with Crippen molar-refractivity contribution in [2.24, 2.45) is 0 Å². The molecule has 2 aromatic carbocycles. The van der Waals surface area contributed by atoms with E-state index in [4.69, 9.17) is 0 Å². The van der Waals surface area contributed by atoms with Gasteiger partial charge in [-0.15, -0.1) is 0 Å². The summed E-state index contributed by atoms with van der Waals surface area (Å²) in [4.78, 5) is 12.2. The van der Waals surface area contributed by atoms with Gasteiger partial charge >= 0.3 is 6.18 Å². The summed E-state index contributed by atoms with van der Waals surface area (Å²) < 4.78 is 51.4. The van der Waals surface area contributed by atoms with Crippen LogP contribution in [-0.4, -0.2) is 5.91 Å². The smallest absolute Gasteiger partial charge is 0.322 e. The maximum atomic E-state index is 13.3. The molecular weight excluding hydrogens is 310 g/mol. The Kier molecular flexibility index (Phi) is 4.73. The second-order valence-corrected chi connectivity index (χ2v) is 5.39. The maximum Gasteiger partial charge on any atom is 0.419 e. The molecule has 1 N–H and O–H groups in total. The quantitative estimate of drug-likeness (QED) is 0.770. The number of alkyl halides is 3. The molecule has 0 fully saturated rings. The number of nitrogens with one attached hydrogen (secondary N) is 1. The van der Waals surface area contributed by atoms with Crippen molar-refractivity contribution in [3.63, 3.8) is 0 Å². The Labute approximate surface area is 131 Å². The summed E-state index contributed by atoms with van der Waals surface area (Å²) in [6, 6.07) is 9.21. The van der Waals surface area contributed by atoms with Crippen LogP contribution in [-0.2, 0) is 6.18 Å². The van der Waals surface area contributed by atoms with Gasteiger partial charge in [0.2, 0.25) is 0 Å². The third-order valence-electron chi connectivity index (χ3n) is 3.36. The first kappa shape index (κ1) is 17.0. The lowest BCUT2D eigenvalue weighted by Crippen LogP contribution is -2.16. The molecule has 0 unspecified atom stereocenters. The highest BCUT2D eigenvalue weighted by Gasteiger charge is 2.34. The normalized spacial score (nSPS) is 11.6. The van der Waals surface area contributed by atoms with Crippen LogP contribution in [0.2, 0.25) is 0 Å². The molecule has 0 saturated heterocycles. The van der Waals surface area contributed by atoms with Crippen LogP contribution < -0.4 is 5.32 Å². The molecule has 1 amide bonds. The van der Waals surface area contributed by atoms with Crippen molar-refractivity contribution in [2.45, 2.75) is 25.9 Å². The molecular formula is C17H15F4NO. The van der Waals surface area contributed by atoms with Gasteiger partial charge in [0.25, 0.3) is 5.91 Å². The number of hydrogen-bond donors (Lipinski definition) is 1. The number of para-hydroxylation sites is 1. The number of rotatable bonds is 3. The minimum atomic E-state index is -4.85. The summed E-state index contributed by atoms with van der Waals surface area (Å²) in [5.74, 6) is -1.99. The van der Waals surface area contributed by atoms with Crippen LogP contribution in [0, 0.1) is 5.82 Å². The Bertz CT molecular complexity index is 723. The van der Waals surface area contributed by atoms with Crippen molar-refractivity contribution in [1.82, 2.24) is 0 Å². The maximum absolute atomic E-state index is 13.3. The van der Waals surface area contributed by atoms with Crippen molar-refractivity contribution < 1.29 is 22.4 Å². The lowest BCUT2D eigenvalue weighted by molar-refractivity contribution is -0.140. The molecule has 0 aliphatic carbocycles. The molecule has 0 radical (unpaired) electrons. The van der Waals surface area contributed by atoms with E-state index in [1.807, 2.05) is 26.0 Å². The van der Waals surface area contributed by atoms with E-state index in [0.29, 0.717) is 17.8 Å². The third kappa shape index (κ3) is 3.88. The van der Waals surface area contributed by atoms with Gasteiger partial charge in [-0.25, -0.2) is 4.39 Å². The molecule has 0 aliphatic rings. The van der Waals surface area contributed by atoms with Gasteiger partial charge in [-0.1, -0.05) is 32.0 Å². The lowest BCUT2D eigenvalue weighted by Gasteiger charge is -2.14. The summed E-state index contributed by atoms with van der Waals surface area (Å²) in [7, 11) is 0. The average molecular weight is 325 g/mol. The van der Waals surface area contributed by atoms with E-state index in [9.17, 15) is 22.4 Å². The Morgan fingerprint density at radius 2 is 1.74 bits per heavy atom. The summed E-state index contributed by atoms with van der Waals surface area (Å²) >= 11 is 0. The number of hydrogen-bond acceptors (Lipinski definition) is 1. The summed E-state index contributed by atoms with van der Waals surface area (Å²) in [6.45, 7) is 3.87. The van der Waals surface area contributed by atoms with Crippen molar-refractivity contribution in [3.05, 3.63) is 65.0 Å². The summed E-state index contributed by atoms with van der Waals surface area (Å²) in [5.41, 5.74) is -0.330. The molecule has 0 saturated carbocycles. The Morgan fingerprint density at radius 1 is 1.09 bits per heavy atom. The largest absolute Gasteiger partial charge is 0.419 e. The fourth-order valence-electron chi connectivity index (χ4n) is 2.19. The minimum absolute atomic E-state index is 0.130. The Hall–Kier alpha value is -2.37. The molecule has 0 atom stereocenters. The second-order valence-electron chi connectivity index (χ2n) is 5.39. The molecule has 2 rings (SSSR count). The average Bonchev–Trinajstić information content (AvgIpc) is 2.46. The van der Waals surface area contributed by atoms with Crippen LogP contribution in [0.25, 0.3) is 0 Å². The SMILES string of the molecule is CC(C)c1ccccc1NC(=O)c1ccc(F)c(C(F)(F)F)c1. The van der Waals surface area contributed by atoms with Crippen molar-refractivity contribution in [2.75, 3.05) is 5.32 Å². The van der Waals surface area contributed by atoms with Crippen molar-refractivity contribution in [1.29, 1.82) is 0 Å². The fourth-order valence-corrected chi connectivity index (χ4v) is 2.19. The summed E-state index contributed by atoms with van der Waals surface area (Å²) in [6.07, 6.45) is -4.85. The van der Waals surface area contributed by atoms with Crippen LogP contribution in [0.5, 0.6) is 0 Å². The number of benzene rings is 2. The van der Waals surface area contributed by atoms with Gasteiger partial charge in [-0.05, 0) is 35.7 Å². The molecule has 0 heterocycles. The third-order valence-corrected chi connectivity index (χ3v) is 3.36. The zero-order chi connectivity index (χ0) is 17.2. The van der Waals surface area contributed by atoms with Gasteiger partial charge in [0.1, 0.15) is 5.82 Å². The van der Waals surface area contributed by atoms with E-state index in [-0.39, 0.29) is 11.5 Å². The van der Waals surface area contributed by atoms with E-state index in [2.05, 4.69) is 5.32 Å². The van der Waals surface area contributed by atoms with Gasteiger partial charge in [-0.2, -0.15) is 13.2 Å². The molecule has 0 bridgehead atoms. The number of amides is 1. The lowest BCUT2D eigenvalue weighted by atomic mass is 10.0. The van der Waals surface area contributed by atoms with E-state index < -0.39 is 23.5 Å². The molecule has 2 aromatic rings. The standard InChI is InChI=1S/C17H15F4NO/c1-10(2)12-5-3-4-6-15(12)22-16(23)11-7-8-14(18)13(9-11)17(19,20)21/h3-10H,1-2H3,(H,22,23). The Balaban J connectivity index is 2.32. The molecule has 23 heavy (non-hydrogen) atoms. The van der Waals surface area contributed by atoms with Gasteiger partial charge in [-0.3, -0.25) is 4.79 Å². The number of carbonyl (C=O) groups excluding carboxylic acids is 1. The zero-order valence-electron chi connectivity index (χ0n) is 12.5. The molecule has 0 spiro atoms. The van der Waals surface area contributed by atoms with Gasteiger partial charge < -0.3 is 5.32 Å². The highest BCUT2D eigenvalue weighted by atomic mass is 19.4. The first-order valence-electron chi connectivity index (χ1n) is 6.97. The topological polar surface area (TPSA) is 29.1 Å². The van der Waals surface area contributed by atoms with Gasteiger partial charge in [0.15, 0.2) is 0 Å². The highest BCUT2D eigenvalue weighted by molar-refractivity contribution is 6.04. The van der Waals surface area contributed by atoms with Crippen LogP contribution in [0.3, 0.4) is 0 Å². The van der Waals surface area contributed by atoms with Crippen LogP contribution in [0.15, 0.2) is 42.5 Å². The van der Waals surface area contributed by atoms with Crippen molar-refractivity contribution >= 4 is 11.6 Å². The first-order chi connectivity index (χ1) is 10.7. The highest BCUT2D eigenvalue weighted by Crippen LogP contribution is 2.32. The molecule has 122 valence electrons. The van der Waals surface area contributed by atoms with Gasteiger partial charge in [0.05, 0.1) is 5.56 Å². The van der Waals surface area contributed by atoms with Crippen molar-refractivity contribution in [3.8, 4) is 0 Å². The molecule has 2 nitrogen and oxygen atoms in total. The van der Waals surface area contributed by atoms with E-state index >= 15 is 0 Å². The monoisotopic (exact) mass is 325 g/mol. The van der Waals surface area contributed by atoms with Crippen LogP contribution in [0.4, 0.5) is 23.2 Å². The van der Waals surface area contributed by atoms with Crippen LogP contribution in [0.1, 0.15) is 41.3 Å². The second kappa shape index (κ2) is 6.40. The van der Waals surface area contributed by atoms with Crippen LogP contribution >= 0.6 is 0 Å². The predicted molar refractivity (Wildman–Crippen MR) is 79.9 cm³/mol. The zero-order valence-corrected chi connectivity index (χ0v) is 12.5. The van der Waals surface area contributed by atoms with E-state index in [0.717, 1.165) is 11.6 Å². The minimum Gasteiger partial charge on any atom is -0.322 e. The first-order valence-corrected chi connectivity index (χ1v) is 6.97. The fraction of sp³-hybridized carbons (Fsp3) is 0.235. The van der Waals surface area contributed by atoms with E-state index in [1.165, 1.54) is 0 Å². The van der Waals surface area contributed by atoms with E-state index in [1.54, 1.807) is 12.1 Å². The predicted octanol–water partition coefficient (Wildman–Crippen LogP) is 5.22. The van der Waals surface area contributed by atoms with Gasteiger partial charge in [0, 0.05) is 11.3 Å². The number of anilines is 1. The molecule has 0 aromatic heterocycles. The number of halogens is 4.